The Morgan fingerprint density at radius 2 is 2.36 bits per heavy atom. The molecule has 0 radical (unpaired) electrons. The van der Waals surface area contributed by atoms with Crippen LogP contribution in [0.3, 0.4) is 0 Å². The number of benzene rings is 1. The Balaban J connectivity index is 2.67. The molecule has 0 amide bonds. The van der Waals surface area contributed by atoms with Gasteiger partial charge in [0, 0.05) is 10.1 Å². The second-order valence-corrected chi connectivity index (χ2v) is 4.89. The summed E-state index contributed by atoms with van der Waals surface area (Å²) in [6.45, 7) is 2.60. The molecule has 1 nitrogen and oxygen atoms in total. The quantitative estimate of drug-likeness (QED) is 0.778. The van der Waals surface area contributed by atoms with E-state index < -0.39 is 0 Å². The van der Waals surface area contributed by atoms with Crippen molar-refractivity contribution in [2.24, 2.45) is 0 Å². The lowest BCUT2D eigenvalue weighted by Gasteiger charge is -2.07. The van der Waals surface area contributed by atoms with Crippen LogP contribution in [0, 0.1) is 0 Å². The third-order valence-corrected chi connectivity index (χ3v) is 4.17. The van der Waals surface area contributed by atoms with Gasteiger partial charge in [-0.2, -0.15) is 0 Å². The summed E-state index contributed by atoms with van der Waals surface area (Å²) in [5.74, 6) is 0.812. The Morgan fingerprint density at radius 1 is 1.57 bits per heavy atom. The van der Waals surface area contributed by atoms with E-state index in [2.05, 4.69) is 15.9 Å². The SMILES string of the molecule is CCOc1cc2sccc2c(Cl)c1Br. The van der Waals surface area contributed by atoms with Crippen molar-refractivity contribution in [2.45, 2.75) is 6.92 Å². The maximum absolute atomic E-state index is 6.19. The molecule has 0 atom stereocenters. The summed E-state index contributed by atoms with van der Waals surface area (Å²) in [7, 11) is 0. The van der Waals surface area contributed by atoms with Gasteiger partial charge in [-0.3, -0.25) is 0 Å². The Hall–Kier alpha value is -0.250. The highest BCUT2D eigenvalue weighted by atomic mass is 79.9. The van der Waals surface area contributed by atoms with Crippen LogP contribution in [0.4, 0.5) is 0 Å². The Kier molecular flexibility index (Phi) is 3.00. The minimum absolute atomic E-state index is 0.645. The summed E-state index contributed by atoms with van der Waals surface area (Å²) < 4.78 is 7.46. The summed E-state index contributed by atoms with van der Waals surface area (Å²) in [5.41, 5.74) is 0. The third kappa shape index (κ3) is 1.64. The highest BCUT2D eigenvalue weighted by Gasteiger charge is 2.10. The Labute approximate surface area is 99.8 Å². The largest absolute Gasteiger partial charge is 0.493 e. The fraction of sp³-hybridized carbons (Fsp3) is 0.200. The van der Waals surface area contributed by atoms with Crippen molar-refractivity contribution < 1.29 is 4.74 Å². The number of hydrogen-bond acceptors (Lipinski definition) is 2. The zero-order valence-electron chi connectivity index (χ0n) is 7.51. The predicted octanol–water partition coefficient (Wildman–Crippen LogP) is 4.72. The lowest BCUT2D eigenvalue weighted by molar-refractivity contribution is 0.338. The topological polar surface area (TPSA) is 9.23 Å². The number of thiophene rings is 1. The molecule has 0 aliphatic rings. The first-order valence-corrected chi connectivity index (χ1v) is 6.27. The molecular weight excluding hydrogens is 284 g/mol. The monoisotopic (exact) mass is 290 g/mol. The normalized spacial score (nSPS) is 10.8. The van der Waals surface area contributed by atoms with Gasteiger partial charge < -0.3 is 4.74 Å². The highest BCUT2D eigenvalue weighted by Crippen LogP contribution is 2.40. The Bertz CT molecular complexity index is 466. The molecule has 74 valence electrons. The maximum Gasteiger partial charge on any atom is 0.136 e. The van der Waals surface area contributed by atoms with Gasteiger partial charge in [0.05, 0.1) is 16.1 Å². The second kappa shape index (κ2) is 4.09. The zero-order chi connectivity index (χ0) is 10.1. The van der Waals surface area contributed by atoms with Crippen LogP contribution >= 0.6 is 38.9 Å². The molecule has 0 aliphatic heterocycles. The van der Waals surface area contributed by atoms with Gasteiger partial charge in [-0.1, -0.05) is 11.6 Å². The van der Waals surface area contributed by atoms with Crippen LogP contribution in [0.5, 0.6) is 5.75 Å². The van der Waals surface area contributed by atoms with E-state index in [0.29, 0.717) is 6.61 Å². The molecule has 0 unspecified atom stereocenters. The lowest BCUT2D eigenvalue weighted by Crippen LogP contribution is -1.92. The van der Waals surface area contributed by atoms with Crippen LogP contribution in [0.2, 0.25) is 5.02 Å². The van der Waals surface area contributed by atoms with Crippen molar-refractivity contribution in [2.75, 3.05) is 6.61 Å². The van der Waals surface area contributed by atoms with Crippen LogP contribution in [0.15, 0.2) is 22.0 Å². The molecule has 2 aromatic rings. The number of fused-ring (bicyclic) bond motifs is 1. The average molecular weight is 292 g/mol. The minimum atomic E-state index is 0.645. The average Bonchev–Trinajstić information content (AvgIpc) is 2.62. The molecule has 0 fully saturated rings. The van der Waals surface area contributed by atoms with E-state index in [-0.39, 0.29) is 0 Å². The first-order chi connectivity index (χ1) is 6.74. The van der Waals surface area contributed by atoms with Gasteiger partial charge in [0.15, 0.2) is 0 Å². The van der Waals surface area contributed by atoms with Gasteiger partial charge in [-0.25, -0.2) is 0 Å². The number of ether oxygens (including phenoxy) is 1. The highest BCUT2D eigenvalue weighted by molar-refractivity contribution is 9.10. The molecule has 0 saturated heterocycles. The van der Waals surface area contributed by atoms with Crippen LogP contribution < -0.4 is 4.74 Å². The molecule has 2 rings (SSSR count). The van der Waals surface area contributed by atoms with E-state index in [1.807, 2.05) is 24.4 Å². The molecule has 0 spiro atoms. The number of halogens is 2. The lowest BCUT2D eigenvalue weighted by atomic mass is 10.2. The van der Waals surface area contributed by atoms with E-state index in [1.165, 1.54) is 0 Å². The van der Waals surface area contributed by atoms with E-state index >= 15 is 0 Å². The summed E-state index contributed by atoms with van der Waals surface area (Å²) in [6, 6.07) is 4.03. The van der Waals surface area contributed by atoms with Gasteiger partial charge in [-0.15, -0.1) is 11.3 Å². The third-order valence-electron chi connectivity index (χ3n) is 1.90. The fourth-order valence-corrected chi connectivity index (χ4v) is 2.86. The van der Waals surface area contributed by atoms with Crippen molar-refractivity contribution in [1.29, 1.82) is 0 Å². The van der Waals surface area contributed by atoms with Gasteiger partial charge >= 0.3 is 0 Å². The van der Waals surface area contributed by atoms with Crippen LogP contribution in [0.25, 0.3) is 10.1 Å². The summed E-state index contributed by atoms with van der Waals surface area (Å²) in [6.07, 6.45) is 0. The van der Waals surface area contributed by atoms with E-state index in [9.17, 15) is 0 Å². The van der Waals surface area contributed by atoms with E-state index in [1.54, 1.807) is 11.3 Å². The molecule has 0 aliphatic carbocycles. The summed E-state index contributed by atoms with van der Waals surface area (Å²) in [5, 5.41) is 3.83. The molecule has 1 heterocycles. The van der Waals surface area contributed by atoms with Gasteiger partial charge in [0.2, 0.25) is 0 Å². The summed E-state index contributed by atoms with van der Waals surface area (Å²) in [4.78, 5) is 0. The van der Waals surface area contributed by atoms with Gasteiger partial charge in [-0.05, 0) is 40.4 Å². The second-order valence-electron chi connectivity index (χ2n) is 2.77. The molecule has 0 N–H and O–H groups in total. The van der Waals surface area contributed by atoms with Crippen LogP contribution in [-0.4, -0.2) is 6.61 Å². The van der Waals surface area contributed by atoms with Crippen molar-refractivity contribution >= 4 is 49.0 Å². The van der Waals surface area contributed by atoms with Crippen molar-refractivity contribution in [1.82, 2.24) is 0 Å². The van der Waals surface area contributed by atoms with Crippen molar-refractivity contribution in [3.8, 4) is 5.75 Å². The molecule has 0 bridgehead atoms. The Morgan fingerprint density at radius 3 is 3.07 bits per heavy atom. The standard InChI is InChI=1S/C10H8BrClOS/c1-2-13-7-5-8-6(3-4-14-8)10(12)9(7)11/h3-5H,2H2,1H3. The van der Waals surface area contributed by atoms with Crippen molar-refractivity contribution in [3.63, 3.8) is 0 Å². The minimum Gasteiger partial charge on any atom is -0.493 e. The first kappa shape index (κ1) is 10.3. The zero-order valence-corrected chi connectivity index (χ0v) is 10.7. The predicted molar refractivity (Wildman–Crippen MR) is 65.7 cm³/mol. The molecule has 1 aromatic heterocycles. The maximum atomic E-state index is 6.19. The molecule has 1 aromatic carbocycles. The molecule has 0 saturated carbocycles. The fourth-order valence-electron chi connectivity index (χ4n) is 1.28. The first-order valence-electron chi connectivity index (χ1n) is 4.22. The molecule has 14 heavy (non-hydrogen) atoms. The van der Waals surface area contributed by atoms with Gasteiger partial charge in [0.1, 0.15) is 5.75 Å². The smallest absolute Gasteiger partial charge is 0.136 e. The van der Waals surface area contributed by atoms with Gasteiger partial charge in [0.25, 0.3) is 0 Å². The van der Waals surface area contributed by atoms with E-state index in [0.717, 1.165) is 25.3 Å². The number of hydrogen-bond donors (Lipinski definition) is 0. The molecule has 4 heteroatoms. The van der Waals surface area contributed by atoms with Crippen LogP contribution in [-0.2, 0) is 0 Å². The molecular formula is C10H8BrClOS. The van der Waals surface area contributed by atoms with Crippen molar-refractivity contribution in [3.05, 3.63) is 27.0 Å². The van der Waals surface area contributed by atoms with Crippen LogP contribution in [0.1, 0.15) is 6.92 Å². The van der Waals surface area contributed by atoms with E-state index in [4.69, 9.17) is 16.3 Å². The number of rotatable bonds is 2. The summed E-state index contributed by atoms with van der Waals surface area (Å²) >= 11 is 11.3.